The van der Waals surface area contributed by atoms with Crippen LogP contribution in [0.5, 0.6) is 5.75 Å². The molecule has 1 aliphatic rings. The van der Waals surface area contributed by atoms with E-state index in [1.165, 1.54) is 16.7 Å². The number of hydrogen-bond acceptors (Lipinski definition) is 6. The molecule has 0 aliphatic carbocycles. The largest absolute Gasteiger partial charge is 0.491 e. The molecular weight excluding hydrogens is 424 g/mol. The lowest BCUT2D eigenvalue weighted by Gasteiger charge is -2.43. The molecule has 0 amide bonds. The highest BCUT2D eigenvalue weighted by molar-refractivity contribution is 5.63. The van der Waals surface area contributed by atoms with Crippen molar-refractivity contribution in [2.24, 2.45) is 0 Å². The van der Waals surface area contributed by atoms with Crippen LogP contribution in [0.3, 0.4) is 0 Å². The molecule has 1 N–H and O–H groups in total. The third-order valence-electron chi connectivity index (χ3n) is 6.17. The number of rotatable bonds is 7. The fourth-order valence-corrected chi connectivity index (χ4v) is 4.40. The number of piperazine rings is 1. The van der Waals surface area contributed by atoms with E-state index in [4.69, 9.17) is 15.1 Å². The van der Waals surface area contributed by atoms with E-state index in [2.05, 4.69) is 53.1 Å². The van der Waals surface area contributed by atoms with E-state index in [0.717, 1.165) is 31.9 Å². The molecule has 1 heterocycles. The third kappa shape index (κ3) is 5.38. The van der Waals surface area contributed by atoms with Gasteiger partial charge in [0.15, 0.2) is 0 Å². The summed E-state index contributed by atoms with van der Waals surface area (Å²) < 4.78 is 5.52. The van der Waals surface area contributed by atoms with Crippen molar-refractivity contribution in [3.8, 4) is 17.9 Å². The molecule has 1 saturated heterocycles. The van der Waals surface area contributed by atoms with Crippen LogP contribution in [0.4, 0.5) is 5.69 Å². The second kappa shape index (κ2) is 10.9. The van der Waals surface area contributed by atoms with E-state index in [0.29, 0.717) is 16.9 Å². The molecule has 6 heteroatoms. The molecule has 6 nitrogen and oxygen atoms in total. The molecule has 0 spiro atoms. The summed E-state index contributed by atoms with van der Waals surface area (Å²) in [4.78, 5) is 4.74. The Morgan fingerprint density at radius 2 is 1.74 bits per heavy atom. The van der Waals surface area contributed by atoms with Crippen molar-refractivity contribution in [2.45, 2.75) is 19.5 Å². The van der Waals surface area contributed by atoms with Gasteiger partial charge in [0, 0.05) is 26.2 Å². The van der Waals surface area contributed by atoms with E-state index in [9.17, 15) is 5.26 Å². The molecule has 0 aromatic heterocycles. The van der Waals surface area contributed by atoms with Crippen molar-refractivity contribution in [3.63, 3.8) is 0 Å². The summed E-state index contributed by atoms with van der Waals surface area (Å²) in [6.45, 7) is 5.47. The lowest BCUT2D eigenvalue weighted by molar-refractivity contribution is 0.201. The molecule has 3 aromatic carbocycles. The highest BCUT2D eigenvalue weighted by Gasteiger charge is 2.30. The lowest BCUT2D eigenvalue weighted by atomic mass is 9.98. The average Bonchev–Trinajstić information content (AvgIpc) is 2.88. The maximum Gasteiger partial charge on any atom is 0.120 e. The van der Waals surface area contributed by atoms with Gasteiger partial charge in [0.25, 0.3) is 0 Å². The number of anilines is 1. The second-order valence-electron chi connectivity index (χ2n) is 8.53. The molecule has 0 saturated carbocycles. The predicted molar refractivity (Wildman–Crippen MR) is 131 cm³/mol. The zero-order valence-electron chi connectivity index (χ0n) is 19.3. The van der Waals surface area contributed by atoms with Gasteiger partial charge in [0.05, 0.1) is 35.5 Å². The van der Waals surface area contributed by atoms with Crippen LogP contribution >= 0.6 is 0 Å². The fourth-order valence-electron chi connectivity index (χ4n) is 4.40. The van der Waals surface area contributed by atoms with Crippen LogP contribution in [-0.2, 0) is 6.54 Å². The number of nitriles is 2. The fraction of sp³-hybridized carbons (Fsp3) is 0.286. The van der Waals surface area contributed by atoms with Crippen molar-refractivity contribution in [1.82, 2.24) is 4.90 Å². The summed E-state index contributed by atoms with van der Waals surface area (Å²) in [6.07, 6.45) is 0. The first-order chi connectivity index (χ1) is 16.6. The molecular formula is C28H28N4O2. The van der Waals surface area contributed by atoms with E-state index < -0.39 is 0 Å². The maximum absolute atomic E-state index is 9.87. The minimum Gasteiger partial charge on any atom is -0.491 e. The summed E-state index contributed by atoms with van der Waals surface area (Å²) in [5.74, 6) is 0.584. The number of benzene rings is 3. The van der Waals surface area contributed by atoms with Crippen LogP contribution < -0.4 is 9.64 Å². The molecule has 34 heavy (non-hydrogen) atoms. The Morgan fingerprint density at radius 3 is 2.41 bits per heavy atom. The van der Waals surface area contributed by atoms with Crippen molar-refractivity contribution in [3.05, 3.63) is 94.5 Å². The molecule has 0 radical (unpaired) electrons. The zero-order valence-corrected chi connectivity index (χ0v) is 19.3. The third-order valence-corrected chi connectivity index (χ3v) is 6.17. The van der Waals surface area contributed by atoms with Crippen LogP contribution in [0.15, 0.2) is 66.7 Å². The number of aliphatic hydroxyl groups excluding tert-OH is 1. The Morgan fingerprint density at radius 1 is 0.971 bits per heavy atom. The van der Waals surface area contributed by atoms with Gasteiger partial charge in [-0.05, 0) is 48.4 Å². The highest BCUT2D eigenvalue weighted by Crippen LogP contribution is 2.35. The summed E-state index contributed by atoms with van der Waals surface area (Å²) in [6, 6.07) is 26.5. The van der Waals surface area contributed by atoms with Crippen molar-refractivity contribution in [1.29, 1.82) is 10.5 Å². The monoisotopic (exact) mass is 452 g/mol. The molecule has 172 valence electrons. The quantitative estimate of drug-likeness (QED) is 0.579. The van der Waals surface area contributed by atoms with Crippen LogP contribution in [0, 0.1) is 29.6 Å². The summed E-state index contributed by atoms with van der Waals surface area (Å²) in [5.41, 5.74) is 5.72. The van der Waals surface area contributed by atoms with E-state index in [1.54, 1.807) is 6.07 Å². The lowest BCUT2D eigenvalue weighted by Crippen LogP contribution is -2.48. The van der Waals surface area contributed by atoms with Crippen molar-refractivity contribution >= 4 is 5.69 Å². The topological polar surface area (TPSA) is 83.5 Å². The Labute approximate surface area is 200 Å². The van der Waals surface area contributed by atoms with Gasteiger partial charge < -0.3 is 14.7 Å². The van der Waals surface area contributed by atoms with Gasteiger partial charge in [-0.3, -0.25) is 4.90 Å². The van der Waals surface area contributed by atoms with Gasteiger partial charge in [-0.15, -0.1) is 0 Å². The molecule has 0 unspecified atom stereocenters. The van der Waals surface area contributed by atoms with Gasteiger partial charge in [-0.1, -0.05) is 42.0 Å². The Hall–Kier alpha value is -3.84. The normalized spacial score (nSPS) is 16.0. The molecule has 0 bridgehead atoms. The second-order valence-corrected chi connectivity index (χ2v) is 8.53. The first-order valence-electron chi connectivity index (χ1n) is 11.4. The van der Waals surface area contributed by atoms with Crippen LogP contribution in [0.1, 0.15) is 33.9 Å². The number of aliphatic hydroxyl groups is 1. The van der Waals surface area contributed by atoms with Crippen LogP contribution in [0.2, 0.25) is 0 Å². The Bertz CT molecular complexity index is 1190. The standard InChI is InChI=1S/C28H28N4O2/c1-21-2-8-24(9-3-21)28-20-31(19-23-6-4-22(17-29)5-7-23)12-13-32(28)27-11-10-26(34-15-14-33)16-25(27)18-30/h2-11,16,28,33H,12-15,19-20H2,1H3/t28-/m0/s1. The summed E-state index contributed by atoms with van der Waals surface area (Å²) in [7, 11) is 0. The van der Waals surface area contributed by atoms with Gasteiger partial charge in [0.1, 0.15) is 18.4 Å². The Balaban J connectivity index is 1.61. The minimum absolute atomic E-state index is 0.0691. The predicted octanol–water partition coefficient (Wildman–Crippen LogP) is 4.17. The first kappa shape index (κ1) is 23.3. The minimum atomic E-state index is -0.0691. The van der Waals surface area contributed by atoms with Gasteiger partial charge in [-0.2, -0.15) is 10.5 Å². The number of hydrogen-bond donors (Lipinski definition) is 1. The summed E-state index contributed by atoms with van der Waals surface area (Å²) in [5, 5.41) is 28.0. The summed E-state index contributed by atoms with van der Waals surface area (Å²) >= 11 is 0. The average molecular weight is 453 g/mol. The smallest absolute Gasteiger partial charge is 0.120 e. The van der Waals surface area contributed by atoms with E-state index in [1.807, 2.05) is 36.4 Å². The van der Waals surface area contributed by atoms with Crippen LogP contribution in [0.25, 0.3) is 0 Å². The number of nitrogens with zero attached hydrogens (tertiary/aromatic N) is 4. The van der Waals surface area contributed by atoms with Gasteiger partial charge >= 0.3 is 0 Å². The molecule has 1 atom stereocenters. The zero-order chi connectivity index (χ0) is 23.9. The molecule has 1 fully saturated rings. The first-order valence-corrected chi connectivity index (χ1v) is 11.4. The van der Waals surface area contributed by atoms with Crippen LogP contribution in [-0.4, -0.2) is 42.9 Å². The van der Waals surface area contributed by atoms with E-state index >= 15 is 0 Å². The molecule has 3 aromatic rings. The number of aryl methyl sites for hydroxylation is 1. The SMILES string of the molecule is Cc1ccc([C@@H]2CN(Cc3ccc(C#N)cc3)CCN2c2ccc(OCCO)cc2C#N)cc1. The van der Waals surface area contributed by atoms with E-state index in [-0.39, 0.29) is 19.3 Å². The van der Waals surface area contributed by atoms with Crippen molar-refractivity contribution in [2.75, 3.05) is 37.7 Å². The maximum atomic E-state index is 9.87. The van der Waals surface area contributed by atoms with Gasteiger partial charge in [-0.25, -0.2) is 0 Å². The Kier molecular flexibility index (Phi) is 7.44. The number of ether oxygens (including phenoxy) is 1. The van der Waals surface area contributed by atoms with Gasteiger partial charge in [0.2, 0.25) is 0 Å². The highest BCUT2D eigenvalue weighted by atomic mass is 16.5. The molecule has 4 rings (SSSR count). The molecule has 1 aliphatic heterocycles. The van der Waals surface area contributed by atoms with Crippen molar-refractivity contribution < 1.29 is 9.84 Å².